The summed E-state index contributed by atoms with van der Waals surface area (Å²) in [6, 6.07) is 38.5. The maximum atomic E-state index is 6.11. The van der Waals surface area contributed by atoms with Gasteiger partial charge in [0, 0.05) is 0 Å². The Bertz CT molecular complexity index is 1260. The number of rotatable bonds is 17. The van der Waals surface area contributed by atoms with E-state index < -0.39 is 0 Å². The van der Waals surface area contributed by atoms with Gasteiger partial charge in [-0.15, -0.1) is 0 Å². The fourth-order valence-corrected chi connectivity index (χ4v) is 5.45. The summed E-state index contributed by atoms with van der Waals surface area (Å²) in [5.74, 6) is 2.30. The Labute approximate surface area is 248 Å². The van der Waals surface area contributed by atoms with Crippen LogP contribution in [0.1, 0.15) is 68.2 Å². The Balaban J connectivity index is 1.15. The molecule has 0 spiro atoms. The van der Waals surface area contributed by atoms with Gasteiger partial charge in [0.05, 0.1) is 13.2 Å². The fraction of sp³-hybridized carbons (Fsp3) is 0.359. The summed E-state index contributed by atoms with van der Waals surface area (Å²) in [7, 11) is 0. The molecule has 0 fully saturated rings. The Kier molecular flexibility index (Phi) is 11.9. The van der Waals surface area contributed by atoms with E-state index in [1.165, 1.54) is 22.3 Å². The van der Waals surface area contributed by atoms with Gasteiger partial charge in [0.1, 0.15) is 11.5 Å². The lowest BCUT2D eigenvalue weighted by molar-refractivity contribution is 0.307. The molecule has 1 unspecified atom stereocenters. The Morgan fingerprint density at radius 2 is 1.17 bits per heavy atom. The fourth-order valence-electron chi connectivity index (χ4n) is 5.45. The molecule has 4 aromatic rings. The Morgan fingerprint density at radius 3 is 1.85 bits per heavy atom. The zero-order chi connectivity index (χ0) is 28.8. The first kappa shape index (κ1) is 30.4. The molecular weight excluding hydrogens is 500 g/mol. The van der Waals surface area contributed by atoms with Gasteiger partial charge >= 0.3 is 0 Å². The highest BCUT2D eigenvalue weighted by Gasteiger charge is 2.24. The van der Waals surface area contributed by atoms with Crippen molar-refractivity contribution in [2.45, 2.75) is 70.6 Å². The molecule has 4 rings (SSSR count). The van der Waals surface area contributed by atoms with E-state index in [0.717, 1.165) is 76.1 Å². The number of aryl methyl sites for hydroxylation is 3. The predicted molar refractivity (Wildman–Crippen MR) is 173 cm³/mol. The van der Waals surface area contributed by atoms with E-state index >= 15 is 0 Å². The second-order valence-electron chi connectivity index (χ2n) is 11.9. The minimum Gasteiger partial charge on any atom is -0.494 e. The number of benzene rings is 4. The summed E-state index contributed by atoms with van der Waals surface area (Å²) < 4.78 is 12.1. The molecule has 1 atom stereocenters. The van der Waals surface area contributed by atoms with Crippen LogP contribution in [0.5, 0.6) is 11.5 Å². The topological polar surface area (TPSA) is 18.5 Å². The van der Waals surface area contributed by atoms with Crippen molar-refractivity contribution in [3.63, 3.8) is 0 Å². The van der Waals surface area contributed by atoms with E-state index in [-0.39, 0.29) is 5.41 Å². The van der Waals surface area contributed by atoms with Gasteiger partial charge in [-0.1, -0.05) is 106 Å². The van der Waals surface area contributed by atoms with Gasteiger partial charge in [-0.05, 0) is 109 Å². The van der Waals surface area contributed by atoms with Crippen molar-refractivity contribution < 1.29 is 9.47 Å². The largest absolute Gasteiger partial charge is 0.494 e. The van der Waals surface area contributed by atoms with Crippen LogP contribution in [0.3, 0.4) is 0 Å². The second-order valence-corrected chi connectivity index (χ2v) is 11.9. The van der Waals surface area contributed by atoms with Crippen LogP contribution in [-0.2, 0) is 24.7 Å². The van der Waals surface area contributed by atoms with Gasteiger partial charge in [0.25, 0.3) is 0 Å². The van der Waals surface area contributed by atoms with Crippen molar-refractivity contribution >= 4 is 0 Å². The van der Waals surface area contributed by atoms with Crippen LogP contribution >= 0.6 is 0 Å². The third-order valence-corrected chi connectivity index (χ3v) is 7.87. The van der Waals surface area contributed by atoms with Crippen molar-refractivity contribution in [1.82, 2.24) is 0 Å². The minimum absolute atomic E-state index is 0.0357. The summed E-state index contributed by atoms with van der Waals surface area (Å²) in [6.45, 7) is 10.7. The van der Waals surface area contributed by atoms with E-state index in [1.54, 1.807) is 0 Å². The van der Waals surface area contributed by atoms with E-state index in [4.69, 9.17) is 9.47 Å². The number of hydrogen-bond acceptors (Lipinski definition) is 2. The molecule has 0 aliphatic heterocycles. The lowest BCUT2D eigenvalue weighted by atomic mass is 9.76. The summed E-state index contributed by atoms with van der Waals surface area (Å²) >= 11 is 0. The van der Waals surface area contributed by atoms with Crippen molar-refractivity contribution in [3.8, 4) is 11.5 Å². The van der Waals surface area contributed by atoms with E-state index in [1.807, 2.05) is 0 Å². The van der Waals surface area contributed by atoms with Gasteiger partial charge in [-0.2, -0.15) is 0 Å². The molecule has 0 saturated heterocycles. The molecule has 0 aromatic heterocycles. The first-order valence-electron chi connectivity index (χ1n) is 15.3. The van der Waals surface area contributed by atoms with Gasteiger partial charge in [-0.25, -0.2) is 0 Å². The maximum Gasteiger partial charge on any atom is 0.119 e. The zero-order valence-corrected chi connectivity index (χ0v) is 25.1. The van der Waals surface area contributed by atoms with Crippen LogP contribution in [-0.4, -0.2) is 13.2 Å². The summed E-state index contributed by atoms with van der Waals surface area (Å²) in [5.41, 5.74) is 5.46. The van der Waals surface area contributed by atoms with Crippen LogP contribution in [0.15, 0.2) is 109 Å². The summed E-state index contributed by atoms with van der Waals surface area (Å²) in [4.78, 5) is 0. The molecule has 0 heterocycles. The van der Waals surface area contributed by atoms with Crippen molar-refractivity contribution in [2.24, 2.45) is 5.92 Å². The lowest BCUT2D eigenvalue weighted by Gasteiger charge is -2.29. The van der Waals surface area contributed by atoms with E-state index in [0.29, 0.717) is 5.92 Å². The standard InChI is InChI=1S/C39H47O2/c1-32(22-23-35-24-26-37(27-25-35)40-28-11-10-18-33-14-6-4-7-15-33)31-39(2,3)36-20-12-21-38(30-36)41-29-13-19-34-16-8-5-9-17-34/h4-9,12,14-17,20-21,24-27,30,32H,1,10-11,13,18-19,22-23,28-29,31H2,2-3H3. The molecule has 0 N–H and O–H groups in total. The highest BCUT2D eigenvalue weighted by atomic mass is 16.5. The second kappa shape index (κ2) is 16.1. The normalized spacial score (nSPS) is 12.2. The quantitative estimate of drug-likeness (QED) is 0.122. The molecule has 0 bridgehead atoms. The third-order valence-electron chi connectivity index (χ3n) is 7.87. The molecule has 0 aliphatic carbocycles. The first-order chi connectivity index (χ1) is 20.0. The average molecular weight is 548 g/mol. The van der Waals surface area contributed by atoms with Crippen molar-refractivity contribution in [2.75, 3.05) is 13.2 Å². The monoisotopic (exact) mass is 547 g/mol. The van der Waals surface area contributed by atoms with E-state index in [2.05, 4.69) is 130 Å². The van der Waals surface area contributed by atoms with Gasteiger partial charge in [0.15, 0.2) is 0 Å². The SMILES string of the molecule is [CH2]C(CCc1ccc(OCCCCc2ccccc2)cc1)CC(C)(C)c1cccc(OCCCc2ccccc2)c1. The third kappa shape index (κ3) is 10.8. The maximum absolute atomic E-state index is 6.11. The van der Waals surface area contributed by atoms with Crippen LogP contribution in [0, 0.1) is 12.8 Å². The highest BCUT2D eigenvalue weighted by molar-refractivity contribution is 5.33. The van der Waals surface area contributed by atoms with Crippen LogP contribution < -0.4 is 9.47 Å². The summed E-state index contributed by atoms with van der Waals surface area (Å²) in [6.07, 6.45) is 8.52. The Hall–Kier alpha value is -3.52. The molecule has 41 heavy (non-hydrogen) atoms. The molecule has 0 aliphatic rings. The molecule has 0 amide bonds. The van der Waals surface area contributed by atoms with Crippen LogP contribution in [0.25, 0.3) is 0 Å². The highest BCUT2D eigenvalue weighted by Crippen LogP contribution is 2.34. The average Bonchev–Trinajstić information content (AvgIpc) is 3.00. The molecule has 2 heteroatoms. The van der Waals surface area contributed by atoms with Crippen LogP contribution in [0.4, 0.5) is 0 Å². The number of unbranched alkanes of at least 4 members (excludes halogenated alkanes) is 1. The van der Waals surface area contributed by atoms with Crippen LogP contribution in [0.2, 0.25) is 0 Å². The summed E-state index contributed by atoms with van der Waals surface area (Å²) in [5, 5.41) is 0. The predicted octanol–water partition coefficient (Wildman–Crippen LogP) is 9.85. The number of ether oxygens (including phenoxy) is 2. The molecular formula is C39H47O2. The van der Waals surface area contributed by atoms with Crippen molar-refractivity contribution in [3.05, 3.63) is 138 Å². The van der Waals surface area contributed by atoms with Gasteiger partial charge in [0.2, 0.25) is 0 Å². The Morgan fingerprint density at radius 1 is 0.585 bits per heavy atom. The molecule has 2 nitrogen and oxygen atoms in total. The number of hydrogen-bond donors (Lipinski definition) is 0. The van der Waals surface area contributed by atoms with Gasteiger partial charge < -0.3 is 9.47 Å². The lowest BCUT2D eigenvalue weighted by Crippen LogP contribution is -2.21. The molecule has 0 saturated carbocycles. The van der Waals surface area contributed by atoms with Gasteiger partial charge in [-0.3, -0.25) is 0 Å². The zero-order valence-electron chi connectivity index (χ0n) is 25.1. The smallest absolute Gasteiger partial charge is 0.119 e. The molecule has 4 aromatic carbocycles. The molecule has 1 radical (unpaired) electrons. The van der Waals surface area contributed by atoms with Crippen molar-refractivity contribution in [1.29, 1.82) is 0 Å². The van der Waals surface area contributed by atoms with E-state index in [9.17, 15) is 0 Å². The molecule has 215 valence electrons. The minimum atomic E-state index is 0.0357. The first-order valence-corrected chi connectivity index (χ1v) is 15.3.